The first-order chi connectivity index (χ1) is 19.3. The van der Waals surface area contributed by atoms with Gasteiger partial charge in [0.15, 0.2) is 0 Å². The summed E-state index contributed by atoms with van der Waals surface area (Å²) in [4.78, 5) is 23.0. The number of carbonyl (C=O) groups excluding carboxylic acids is 2. The predicted molar refractivity (Wildman–Crippen MR) is 163 cm³/mol. The summed E-state index contributed by atoms with van der Waals surface area (Å²) in [7, 11) is 1.71. The Morgan fingerprint density at radius 3 is 2.15 bits per heavy atom. The van der Waals surface area contributed by atoms with Crippen LogP contribution in [0.15, 0.2) is 66.7 Å². The third-order valence-electron chi connectivity index (χ3n) is 5.83. The van der Waals surface area contributed by atoms with Crippen molar-refractivity contribution in [2.45, 2.75) is 78.7 Å². The highest BCUT2D eigenvalue weighted by Gasteiger charge is 2.16. The third kappa shape index (κ3) is 13.0. The second kappa shape index (κ2) is 15.9. The van der Waals surface area contributed by atoms with Gasteiger partial charge in [-0.05, 0) is 94.0 Å². The van der Waals surface area contributed by atoms with Gasteiger partial charge in [-0.2, -0.15) is 0 Å². The van der Waals surface area contributed by atoms with Gasteiger partial charge in [-0.25, -0.2) is 4.79 Å². The van der Waals surface area contributed by atoms with E-state index in [4.69, 9.17) is 14.2 Å². The number of alkyl carbamates (subject to hydrolysis) is 1. The van der Waals surface area contributed by atoms with Crippen LogP contribution in [0.4, 0.5) is 4.79 Å². The van der Waals surface area contributed by atoms with E-state index in [0.717, 1.165) is 39.7 Å². The summed E-state index contributed by atoms with van der Waals surface area (Å²) in [5, 5.41) is 12.3. The maximum absolute atomic E-state index is 12.0. The van der Waals surface area contributed by atoms with Crippen LogP contribution in [-0.4, -0.2) is 42.4 Å². The number of para-hydroxylation sites is 1. The van der Waals surface area contributed by atoms with Gasteiger partial charge < -0.3 is 29.4 Å². The molecule has 222 valence electrons. The molecule has 0 aliphatic rings. The highest BCUT2D eigenvalue weighted by atomic mass is 16.6. The minimum atomic E-state index is -0.550. The van der Waals surface area contributed by atoms with Crippen molar-refractivity contribution in [3.63, 3.8) is 0 Å². The maximum atomic E-state index is 12.0. The van der Waals surface area contributed by atoms with Gasteiger partial charge in [-0.15, -0.1) is 0 Å². The number of ether oxygens (including phenoxy) is 3. The highest BCUT2D eigenvalue weighted by Crippen LogP contribution is 2.26. The number of hydrogen-bond acceptors (Lipinski definition) is 6. The van der Waals surface area contributed by atoms with Crippen LogP contribution in [0.1, 0.15) is 63.8 Å². The van der Waals surface area contributed by atoms with Gasteiger partial charge in [0.25, 0.3) is 0 Å². The molecule has 0 fully saturated rings. The van der Waals surface area contributed by atoms with Crippen LogP contribution in [0, 0.1) is 0 Å². The van der Waals surface area contributed by atoms with E-state index < -0.39 is 11.7 Å². The van der Waals surface area contributed by atoms with Gasteiger partial charge in [0.05, 0.1) is 5.60 Å². The number of nitrogens with one attached hydrogen (secondary N) is 1. The Morgan fingerprint density at radius 2 is 1.51 bits per heavy atom. The summed E-state index contributed by atoms with van der Waals surface area (Å²) < 4.78 is 16.3. The highest BCUT2D eigenvalue weighted by molar-refractivity contribution is 5.69. The number of aliphatic hydroxyl groups is 1. The fourth-order valence-corrected chi connectivity index (χ4v) is 3.70. The summed E-state index contributed by atoms with van der Waals surface area (Å²) in [5.74, 6) is 0.684. The maximum Gasteiger partial charge on any atom is 0.407 e. The molecule has 0 atom stereocenters. The number of methoxy groups -OCH3 is 1. The van der Waals surface area contributed by atoms with Crippen molar-refractivity contribution in [2.24, 2.45) is 0 Å². The van der Waals surface area contributed by atoms with Crippen LogP contribution in [0.2, 0.25) is 0 Å². The predicted octanol–water partition coefficient (Wildman–Crippen LogP) is 6.66. The Balaban J connectivity index is 0.000000883. The first-order valence-corrected chi connectivity index (χ1v) is 13.8. The van der Waals surface area contributed by atoms with Crippen LogP contribution in [0.3, 0.4) is 0 Å². The van der Waals surface area contributed by atoms with Crippen LogP contribution in [0.25, 0.3) is 11.1 Å². The molecule has 0 aromatic heterocycles. The molecule has 0 aliphatic carbocycles. The topological polar surface area (TPSA) is 94.1 Å². The number of aldehydes is 1. The lowest BCUT2D eigenvalue weighted by Gasteiger charge is -2.19. The van der Waals surface area contributed by atoms with Gasteiger partial charge in [0.1, 0.15) is 24.2 Å². The van der Waals surface area contributed by atoms with Crippen LogP contribution in [0.5, 0.6) is 5.75 Å². The summed E-state index contributed by atoms with van der Waals surface area (Å²) in [6.45, 7) is 12.3. The molecule has 3 aromatic rings. The number of amides is 1. The second-order valence-corrected chi connectivity index (χ2v) is 11.7. The molecule has 0 heterocycles. The molecular weight excluding hydrogens is 518 g/mol. The molecule has 0 unspecified atom stereocenters. The van der Waals surface area contributed by atoms with Crippen LogP contribution >= 0.6 is 0 Å². The van der Waals surface area contributed by atoms with Crippen molar-refractivity contribution in [3.8, 4) is 16.9 Å². The zero-order chi connectivity index (χ0) is 30.5. The molecule has 0 bridgehead atoms. The first-order valence-electron chi connectivity index (χ1n) is 13.8. The average Bonchev–Trinajstić information content (AvgIpc) is 2.91. The number of hydrogen-bond donors (Lipinski definition) is 2. The standard InChI is InChI=1S/C29H33NO5.C5H12O/c1-29(2,3)35-28(33)30-19-22-7-6-9-25(17-22)26-16-21(11-13-31)15-23(18-26)20-34-27-10-5-4-8-24(27)12-14-32;1-5(2,3)6-4/h4-10,14-18,31H,11-13,19-20H2,1-3H3,(H,30,33);1-4H3. The average molecular weight is 564 g/mol. The number of carbonyl (C=O) groups is 2. The van der Waals surface area contributed by atoms with E-state index in [0.29, 0.717) is 31.7 Å². The van der Waals surface area contributed by atoms with Crippen molar-refractivity contribution in [2.75, 3.05) is 13.7 Å². The second-order valence-electron chi connectivity index (χ2n) is 11.7. The van der Waals surface area contributed by atoms with Gasteiger partial charge >= 0.3 is 6.09 Å². The Bertz CT molecular complexity index is 1260. The molecule has 7 nitrogen and oxygen atoms in total. The third-order valence-corrected chi connectivity index (χ3v) is 5.83. The number of aliphatic hydroxyl groups excluding tert-OH is 1. The minimum Gasteiger partial charge on any atom is -0.489 e. The van der Waals surface area contributed by atoms with Crippen molar-refractivity contribution < 1.29 is 28.9 Å². The monoisotopic (exact) mass is 563 g/mol. The van der Waals surface area contributed by atoms with Crippen molar-refractivity contribution in [1.29, 1.82) is 0 Å². The molecule has 7 heteroatoms. The van der Waals surface area contributed by atoms with Crippen LogP contribution in [-0.2, 0) is 40.3 Å². The van der Waals surface area contributed by atoms with E-state index in [9.17, 15) is 14.7 Å². The Hall–Kier alpha value is -3.68. The van der Waals surface area contributed by atoms with Gasteiger partial charge in [0, 0.05) is 32.2 Å². The molecule has 0 saturated carbocycles. The summed E-state index contributed by atoms with van der Waals surface area (Å²) in [5.41, 5.74) is 5.24. The summed E-state index contributed by atoms with van der Waals surface area (Å²) in [6.07, 6.45) is 1.24. The summed E-state index contributed by atoms with van der Waals surface area (Å²) >= 11 is 0. The lowest BCUT2D eigenvalue weighted by Crippen LogP contribution is -2.32. The zero-order valence-corrected chi connectivity index (χ0v) is 25.5. The van der Waals surface area contributed by atoms with Crippen molar-refractivity contribution in [1.82, 2.24) is 5.32 Å². The summed E-state index contributed by atoms with van der Waals surface area (Å²) in [6, 6.07) is 21.6. The van der Waals surface area contributed by atoms with E-state index >= 15 is 0 Å². The van der Waals surface area contributed by atoms with Gasteiger partial charge in [-0.1, -0.05) is 48.5 Å². The molecule has 0 spiro atoms. The normalized spacial score (nSPS) is 11.2. The smallest absolute Gasteiger partial charge is 0.407 e. The number of benzene rings is 3. The van der Waals surface area contributed by atoms with E-state index in [-0.39, 0.29) is 12.2 Å². The molecule has 41 heavy (non-hydrogen) atoms. The Morgan fingerprint density at radius 1 is 0.854 bits per heavy atom. The molecular formula is C34H45NO6. The van der Waals surface area contributed by atoms with Gasteiger partial charge in [0.2, 0.25) is 0 Å². The fourth-order valence-electron chi connectivity index (χ4n) is 3.70. The van der Waals surface area contributed by atoms with E-state index in [1.165, 1.54) is 0 Å². The Labute approximate surface area is 244 Å². The molecule has 0 radical (unpaired) electrons. The largest absolute Gasteiger partial charge is 0.489 e. The molecule has 3 aromatic carbocycles. The first kappa shape index (κ1) is 33.5. The minimum absolute atomic E-state index is 0.0417. The number of rotatable bonds is 10. The van der Waals surface area contributed by atoms with Gasteiger partial charge in [-0.3, -0.25) is 0 Å². The Kier molecular flexibility index (Phi) is 13.0. The lowest BCUT2D eigenvalue weighted by atomic mass is 9.97. The lowest BCUT2D eigenvalue weighted by molar-refractivity contribution is -0.107. The van der Waals surface area contributed by atoms with Crippen molar-refractivity contribution in [3.05, 3.63) is 89.0 Å². The molecule has 1 amide bonds. The molecule has 0 saturated heterocycles. The van der Waals surface area contributed by atoms with Crippen molar-refractivity contribution >= 4 is 12.4 Å². The molecule has 2 N–H and O–H groups in total. The molecule has 0 aliphatic heterocycles. The van der Waals surface area contributed by atoms with Crippen LogP contribution < -0.4 is 10.1 Å². The van der Waals surface area contributed by atoms with E-state index in [2.05, 4.69) is 17.4 Å². The quantitative estimate of drug-likeness (QED) is 0.268. The molecule has 3 rings (SSSR count). The zero-order valence-electron chi connectivity index (χ0n) is 25.5. The SMILES string of the molecule is CC(C)(C)OC(=O)NCc1cccc(-c2cc(CCO)cc(COc3ccccc3CC=O)c2)c1.COC(C)(C)C. The fraction of sp³-hybridized carbons (Fsp3) is 0.412. The van der Waals surface area contributed by atoms with E-state index in [1.807, 2.05) is 96.1 Å². The van der Waals surface area contributed by atoms with E-state index in [1.54, 1.807) is 7.11 Å².